The van der Waals surface area contributed by atoms with Crippen LogP contribution >= 0.6 is 0 Å². The zero-order valence-corrected chi connectivity index (χ0v) is 13.4. The molecule has 0 aliphatic carbocycles. The van der Waals surface area contributed by atoms with E-state index in [-0.39, 0.29) is 18.4 Å². The summed E-state index contributed by atoms with van der Waals surface area (Å²) in [5.41, 5.74) is 1.02. The lowest BCUT2D eigenvalue weighted by Crippen LogP contribution is -2.45. The summed E-state index contributed by atoms with van der Waals surface area (Å²) in [6.45, 7) is 4.46. The SMILES string of the molecule is Cc1cn(C)c(C2CCCN(C(=O)CN3CCCC3=O)C2)n1. The molecule has 3 rings (SSSR count). The molecule has 2 aliphatic heterocycles. The monoisotopic (exact) mass is 304 g/mol. The fraction of sp³-hybridized carbons (Fsp3) is 0.688. The first-order valence-electron chi connectivity index (χ1n) is 8.10. The third kappa shape index (κ3) is 3.00. The highest BCUT2D eigenvalue weighted by atomic mass is 16.2. The standard InChI is InChI=1S/C16H24N4O2/c1-12-9-18(2)16(17-12)13-5-3-7-19(10-13)15(22)11-20-8-4-6-14(20)21/h9,13H,3-8,10-11H2,1-2H3. The molecular weight excluding hydrogens is 280 g/mol. The lowest BCUT2D eigenvalue weighted by atomic mass is 9.97. The molecule has 3 heterocycles. The molecule has 22 heavy (non-hydrogen) atoms. The lowest BCUT2D eigenvalue weighted by molar-refractivity contribution is -0.139. The van der Waals surface area contributed by atoms with Crippen LogP contribution in [-0.2, 0) is 16.6 Å². The Labute approximate surface area is 131 Å². The second-order valence-electron chi connectivity index (χ2n) is 6.45. The Kier molecular flexibility index (Phi) is 4.18. The smallest absolute Gasteiger partial charge is 0.242 e. The number of carbonyl (C=O) groups excluding carboxylic acids is 2. The number of nitrogens with zero attached hydrogens (tertiary/aromatic N) is 4. The average molecular weight is 304 g/mol. The van der Waals surface area contributed by atoms with E-state index in [2.05, 4.69) is 9.55 Å². The van der Waals surface area contributed by atoms with E-state index in [0.717, 1.165) is 43.9 Å². The van der Waals surface area contributed by atoms with E-state index >= 15 is 0 Å². The maximum atomic E-state index is 12.5. The summed E-state index contributed by atoms with van der Waals surface area (Å²) in [4.78, 5) is 32.3. The van der Waals surface area contributed by atoms with E-state index in [1.165, 1.54) is 0 Å². The van der Waals surface area contributed by atoms with Gasteiger partial charge in [0.25, 0.3) is 0 Å². The van der Waals surface area contributed by atoms with Crippen LogP contribution in [0.4, 0.5) is 0 Å². The molecule has 0 radical (unpaired) electrons. The fourth-order valence-corrected chi connectivity index (χ4v) is 3.56. The first-order chi connectivity index (χ1) is 10.5. The van der Waals surface area contributed by atoms with Crippen molar-refractivity contribution in [2.24, 2.45) is 7.05 Å². The van der Waals surface area contributed by atoms with Crippen molar-refractivity contribution in [1.29, 1.82) is 0 Å². The van der Waals surface area contributed by atoms with Crippen molar-refractivity contribution in [2.75, 3.05) is 26.2 Å². The molecule has 2 amide bonds. The van der Waals surface area contributed by atoms with Crippen molar-refractivity contribution in [3.05, 3.63) is 17.7 Å². The van der Waals surface area contributed by atoms with Crippen LogP contribution in [0.25, 0.3) is 0 Å². The normalized spacial score (nSPS) is 22.5. The third-order valence-corrected chi connectivity index (χ3v) is 4.67. The maximum Gasteiger partial charge on any atom is 0.242 e. The quantitative estimate of drug-likeness (QED) is 0.839. The molecule has 6 nitrogen and oxygen atoms in total. The molecule has 6 heteroatoms. The van der Waals surface area contributed by atoms with Gasteiger partial charge in [0, 0.05) is 45.2 Å². The van der Waals surface area contributed by atoms with Gasteiger partial charge in [-0.15, -0.1) is 0 Å². The van der Waals surface area contributed by atoms with Gasteiger partial charge in [0.1, 0.15) is 5.82 Å². The zero-order valence-electron chi connectivity index (χ0n) is 13.4. The zero-order chi connectivity index (χ0) is 15.7. The van der Waals surface area contributed by atoms with E-state index in [0.29, 0.717) is 18.9 Å². The third-order valence-electron chi connectivity index (χ3n) is 4.67. The highest BCUT2D eigenvalue weighted by Crippen LogP contribution is 2.26. The van der Waals surface area contributed by atoms with Crippen LogP contribution in [0.1, 0.15) is 43.1 Å². The second-order valence-corrected chi connectivity index (χ2v) is 6.45. The van der Waals surface area contributed by atoms with Gasteiger partial charge in [0.05, 0.1) is 12.2 Å². The Morgan fingerprint density at radius 3 is 2.82 bits per heavy atom. The van der Waals surface area contributed by atoms with Crippen LogP contribution in [0.2, 0.25) is 0 Å². The Balaban J connectivity index is 1.64. The molecular formula is C16H24N4O2. The number of hydrogen-bond acceptors (Lipinski definition) is 3. The van der Waals surface area contributed by atoms with E-state index in [1.807, 2.05) is 25.1 Å². The first kappa shape index (κ1) is 15.1. The summed E-state index contributed by atoms with van der Waals surface area (Å²) in [5.74, 6) is 1.55. The molecule has 1 atom stereocenters. The summed E-state index contributed by atoms with van der Waals surface area (Å²) in [6, 6.07) is 0. The predicted octanol–water partition coefficient (Wildman–Crippen LogP) is 1.06. The molecule has 1 aromatic heterocycles. The van der Waals surface area contributed by atoms with Gasteiger partial charge >= 0.3 is 0 Å². The number of piperidine rings is 1. The minimum absolute atomic E-state index is 0.0749. The number of amides is 2. The van der Waals surface area contributed by atoms with Crippen molar-refractivity contribution < 1.29 is 9.59 Å². The van der Waals surface area contributed by atoms with Gasteiger partial charge in [-0.3, -0.25) is 9.59 Å². The Hall–Kier alpha value is -1.85. The molecule has 1 aromatic rings. The highest BCUT2D eigenvalue weighted by Gasteiger charge is 2.30. The Morgan fingerprint density at radius 2 is 2.18 bits per heavy atom. The van der Waals surface area contributed by atoms with E-state index in [1.54, 1.807) is 4.90 Å². The molecule has 0 N–H and O–H groups in total. The molecule has 0 aromatic carbocycles. The lowest BCUT2D eigenvalue weighted by Gasteiger charge is -2.33. The van der Waals surface area contributed by atoms with Gasteiger partial charge < -0.3 is 14.4 Å². The van der Waals surface area contributed by atoms with E-state index in [9.17, 15) is 9.59 Å². The number of aromatic nitrogens is 2. The van der Waals surface area contributed by atoms with Gasteiger partial charge in [-0.1, -0.05) is 0 Å². The van der Waals surface area contributed by atoms with Gasteiger partial charge in [-0.25, -0.2) is 4.98 Å². The van der Waals surface area contributed by atoms with Crippen LogP contribution in [0.5, 0.6) is 0 Å². The molecule has 2 fully saturated rings. The van der Waals surface area contributed by atoms with Gasteiger partial charge in [0.2, 0.25) is 11.8 Å². The molecule has 0 saturated carbocycles. The highest BCUT2D eigenvalue weighted by molar-refractivity contribution is 5.86. The minimum atomic E-state index is 0.0749. The van der Waals surface area contributed by atoms with Crippen molar-refractivity contribution in [2.45, 2.75) is 38.5 Å². The second kappa shape index (κ2) is 6.10. The number of hydrogen-bond donors (Lipinski definition) is 0. The fourth-order valence-electron chi connectivity index (χ4n) is 3.56. The summed E-state index contributed by atoms with van der Waals surface area (Å²) in [5, 5.41) is 0. The maximum absolute atomic E-state index is 12.5. The Bertz CT molecular complexity index is 581. The van der Waals surface area contributed by atoms with Crippen LogP contribution < -0.4 is 0 Å². The van der Waals surface area contributed by atoms with Crippen molar-refractivity contribution >= 4 is 11.8 Å². The predicted molar refractivity (Wildman–Crippen MR) is 82.3 cm³/mol. The van der Waals surface area contributed by atoms with E-state index in [4.69, 9.17) is 0 Å². The van der Waals surface area contributed by atoms with Gasteiger partial charge in [-0.2, -0.15) is 0 Å². The number of likely N-dealkylation sites (tertiary alicyclic amines) is 2. The largest absolute Gasteiger partial charge is 0.340 e. The molecule has 0 bridgehead atoms. The molecule has 2 saturated heterocycles. The molecule has 2 aliphatic rings. The van der Waals surface area contributed by atoms with Crippen LogP contribution in [0.15, 0.2) is 6.20 Å². The Morgan fingerprint density at radius 1 is 1.36 bits per heavy atom. The van der Waals surface area contributed by atoms with E-state index < -0.39 is 0 Å². The summed E-state index contributed by atoms with van der Waals surface area (Å²) >= 11 is 0. The summed E-state index contributed by atoms with van der Waals surface area (Å²) in [6.07, 6.45) is 5.55. The van der Waals surface area contributed by atoms with Crippen molar-refractivity contribution in [1.82, 2.24) is 19.4 Å². The number of rotatable bonds is 3. The molecule has 120 valence electrons. The molecule has 1 unspecified atom stereocenters. The topological polar surface area (TPSA) is 58.4 Å². The number of aryl methyl sites for hydroxylation is 2. The van der Waals surface area contributed by atoms with Crippen molar-refractivity contribution in [3.8, 4) is 0 Å². The van der Waals surface area contributed by atoms with Crippen LogP contribution in [0.3, 0.4) is 0 Å². The van der Waals surface area contributed by atoms with Crippen LogP contribution in [0, 0.1) is 6.92 Å². The minimum Gasteiger partial charge on any atom is -0.340 e. The summed E-state index contributed by atoms with van der Waals surface area (Å²) < 4.78 is 2.07. The first-order valence-corrected chi connectivity index (χ1v) is 8.10. The van der Waals surface area contributed by atoms with Crippen LogP contribution in [-0.4, -0.2) is 57.3 Å². The number of imidazole rings is 1. The number of carbonyl (C=O) groups is 2. The summed E-state index contributed by atoms with van der Waals surface area (Å²) in [7, 11) is 2.01. The van der Waals surface area contributed by atoms with Gasteiger partial charge in [0.15, 0.2) is 0 Å². The average Bonchev–Trinajstić information content (AvgIpc) is 3.05. The van der Waals surface area contributed by atoms with Gasteiger partial charge in [-0.05, 0) is 26.2 Å². The van der Waals surface area contributed by atoms with Crippen molar-refractivity contribution in [3.63, 3.8) is 0 Å². The molecule has 0 spiro atoms.